The third-order valence-corrected chi connectivity index (χ3v) is 4.32. The average molecular weight is 292 g/mol. The molecule has 0 saturated carbocycles. The van der Waals surface area contributed by atoms with Crippen LogP contribution in [0.15, 0.2) is 18.2 Å². The van der Waals surface area contributed by atoms with E-state index in [-0.39, 0.29) is 5.41 Å². The van der Waals surface area contributed by atoms with E-state index in [1.165, 1.54) is 5.69 Å². The number of ether oxygens (including phenoxy) is 2. The molecule has 118 valence electrons. The molecule has 2 atom stereocenters. The molecule has 1 aliphatic rings. The summed E-state index contributed by atoms with van der Waals surface area (Å²) in [5.74, 6) is 1.56. The molecule has 4 nitrogen and oxygen atoms in total. The van der Waals surface area contributed by atoms with Gasteiger partial charge >= 0.3 is 0 Å². The molecule has 2 unspecified atom stereocenters. The Morgan fingerprint density at radius 3 is 2.38 bits per heavy atom. The fraction of sp³-hybridized carbons (Fsp3) is 0.647. The van der Waals surface area contributed by atoms with Crippen molar-refractivity contribution in [2.75, 3.05) is 32.2 Å². The fourth-order valence-electron chi connectivity index (χ4n) is 2.81. The third-order valence-electron chi connectivity index (χ3n) is 4.32. The maximum absolute atomic E-state index is 5.43. The molecule has 0 bridgehead atoms. The Morgan fingerprint density at radius 2 is 1.81 bits per heavy atom. The normalized spacial score (nSPS) is 23.0. The highest BCUT2D eigenvalue weighted by molar-refractivity contribution is 5.57. The first kappa shape index (κ1) is 16.0. The van der Waals surface area contributed by atoms with Gasteiger partial charge in [-0.05, 0) is 24.5 Å². The monoisotopic (exact) mass is 292 g/mol. The number of methoxy groups -OCH3 is 2. The van der Waals surface area contributed by atoms with Crippen LogP contribution in [-0.2, 0) is 0 Å². The largest absolute Gasteiger partial charge is 0.493 e. The first-order valence-corrected chi connectivity index (χ1v) is 7.59. The molecule has 21 heavy (non-hydrogen) atoms. The van der Waals surface area contributed by atoms with Crippen LogP contribution in [0.25, 0.3) is 0 Å². The Morgan fingerprint density at radius 1 is 1.14 bits per heavy atom. The first-order valence-electron chi connectivity index (χ1n) is 7.59. The zero-order valence-electron chi connectivity index (χ0n) is 14.1. The molecule has 0 spiro atoms. The molecule has 4 heteroatoms. The summed E-state index contributed by atoms with van der Waals surface area (Å²) >= 11 is 0. The lowest BCUT2D eigenvalue weighted by Crippen LogP contribution is -2.59. The van der Waals surface area contributed by atoms with E-state index in [1.54, 1.807) is 14.2 Å². The summed E-state index contributed by atoms with van der Waals surface area (Å²) in [4.78, 5) is 2.45. The van der Waals surface area contributed by atoms with Crippen LogP contribution >= 0.6 is 0 Å². The van der Waals surface area contributed by atoms with Crippen molar-refractivity contribution in [1.82, 2.24) is 5.32 Å². The van der Waals surface area contributed by atoms with Gasteiger partial charge in [-0.15, -0.1) is 0 Å². The smallest absolute Gasteiger partial charge is 0.162 e. The second-order valence-corrected chi connectivity index (χ2v) is 6.87. The van der Waals surface area contributed by atoms with Gasteiger partial charge in [0.05, 0.1) is 14.2 Å². The highest BCUT2D eigenvalue weighted by atomic mass is 16.5. The highest BCUT2D eigenvalue weighted by Crippen LogP contribution is 2.34. The van der Waals surface area contributed by atoms with Gasteiger partial charge in [0.25, 0.3) is 0 Å². The van der Waals surface area contributed by atoms with Gasteiger partial charge in [0.2, 0.25) is 0 Å². The molecular formula is C17H28N2O2. The van der Waals surface area contributed by atoms with Gasteiger partial charge in [-0.1, -0.05) is 20.8 Å². The zero-order chi connectivity index (χ0) is 15.6. The molecule has 1 N–H and O–H groups in total. The molecule has 0 aromatic heterocycles. The summed E-state index contributed by atoms with van der Waals surface area (Å²) < 4.78 is 10.8. The quantitative estimate of drug-likeness (QED) is 0.929. The Hall–Kier alpha value is -1.42. The first-order chi connectivity index (χ1) is 9.86. The summed E-state index contributed by atoms with van der Waals surface area (Å²) in [7, 11) is 3.35. The number of hydrogen-bond acceptors (Lipinski definition) is 4. The van der Waals surface area contributed by atoms with Crippen molar-refractivity contribution in [3.05, 3.63) is 18.2 Å². The second-order valence-electron chi connectivity index (χ2n) is 6.87. The lowest BCUT2D eigenvalue weighted by molar-refractivity contribution is 0.239. The zero-order valence-corrected chi connectivity index (χ0v) is 14.1. The molecular weight excluding hydrogens is 264 g/mol. The average Bonchev–Trinajstić information content (AvgIpc) is 2.45. The van der Waals surface area contributed by atoms with E-state index in [2.05, 4.69) is 50.0 Å². The van der Waals surface area contributed by atoms with Crippen molar-refractivity contribution in [2.45, 2.75) is 39.8 Å². The van der Waals surface area contributed by atoms with Gasteiger partial charge < -0.3 is 19.7 Å². The van der Waals surface area contributed by atoms with Crippen molar-refractivity contribution in [2.24, 2.45) is 5.41 Å². The SMILES string of the molecule is COc1ccc(N2CC(C(C)(C)C)NCC2C)cc1OC. The molecule has 1 aliphatic heterocycles. The number of nitrogens with zero attached hydrogens (tertiary/aromatic N) is 1. The van der Waals surface area contributed by atoms with E-state index >= 15 is 0 Å². The predicted octanol–water partition coefficient (Wildman–Crippen LogP) is 2.92. The van der Waals surface area contributed by atoms with Crippen LogP contribution in [0.3, 0.4) is 0 Å². The summed E-state index contributed by atoms with van der Waals surface area (Å²) in [5.41, 5.74) is 1.44. The number of piperazine rings is 1. The molecule has 2 rings (SSSR count). The van der Waals surface area contributed by atoms with Gasteiger partial charge in [-0.25, -0.2) is 0 Å². The van der Waals surface area contributed by atoms with Crippen molar-refractivity contribution in [1.29, 1.82) is 0 Å². The molecule has 1 saturated heterocycles. The van der Waals surface area contributed by atoms with E-state index in [1.807, 2.05) is 6.07 Å². The van der Waals surface area contributed by atoms with E-state index in [0.29, 0.717) is 12.1 Å². The van der Waals surface area contributed by atoms with Crippen LogP contribution in [0.2, 0.25) is 0 Å². The summed E-state index contributed by atoms with van der Waals surface area (Å²) in [6.45, 7) is 11.1. The van der Waals surface area contributed by atoms with Crippen LogP contribution in [-0.4, -0.2) is 39.4 Å². The standard InChI is InChI=1S/C17H28N2O2/c1-12-10-18-16(17(2,3)4)11-19(12)13-7-8-14(20-5)15(9-13)21-6/h7-9,12,16,18H,10-11H2,1-6H3. The van der Waals surface area contributed by atoms with E-state index in [0.717, 1.165) is 24.6 Å². The maximum atomic E-state index is 5.43. The predicted molar refractivity (Wildman–Crippen MR) is 87.6 cm³/mol. The van der Waals surface area contributed by atoms with Gasteiger partial charge in [0.15, 0.2) is 11.5 Å². The molecule has 1 fully saturated rings. The molecule has 0 radical (unpaired) electrons. The fourth-order valence-corrected chi connectivity index (χ4v) is 2.81. The Labute approximate surface area is 128 Å². The molecule has 0 aliphatic carbocycles. The van der Waals surface area contributed by atoms with E-state index < -0.39 is 0 Å². The molecule has 1 aromatic carbocycles. The number of nitrogens with one attached hydrogen (secondary N) is 1. The van der Waals surface area contributed by atoms with Crippen LogP contribution < -0.4 is 19.7 Å². The Bertz CT molecular complexity index is 482. The number of hydrogen-bond donors (Lipinski definition) is 1. The van der Waals surface area contributed by atoms with Gasteiger partial charge in [0.1, 0.15) is 0 Å². The second kappa shape index (κ2) is 6.14. The van der Waals surface area contributed by atoms with Crippen LogP contribution in [0, 0.1) is 5.41 Å². The highest BCUT2D eigenvalue weighted by Gasteiger charge is 2.32. The summed E-state index contributed by atoms with van der Waals surface area (Å²) in [6.07, 6.45) is 0. The minimum Gasteiger partial charge on any atom is -0.493 e. The number of benzene rings is 1. The van der Waals surface area contributed by atoms with Crippen molar-refractivity contribution in [3.63, 3.8) is 0 Å². The van der Waals surface area contributed by atoms with Crippen LogP contribution in [0.5, 0.6) is 11.5 Å². The van der Waals surface area contributed by atoms with E-state index in [9.17, 15) is 0 Å². The molecule has 0 amide bonds. The maximum Gasteiger partial charge on any atom is 0.162 e. The molecule has 1 heterocycles. The number of anilines is 1. The van der Waals surface area contributed by atoms with E-state index in [4.69, 9.17) is 9.47 Å². The third kappa shape index (κ3) is 3.43. The Kier molecular flexibility index (Phi) is 4.67. The van der Waals surface area contributed by atoms with Crippen LogP contribution in [0.1, 0.15) is 27.7 Å². The lowest BCUT2D eigenvalue weighted by atomic mass is 9.84. The van der Waals surface area contributed by atoms with Crippen molar-refractivity contribution < 1.29 is 9.47 Å². The topological polar surface area (TPSA) is 33.7 Å². The van der Waals surface area contributed by atoms with Crippen molar-refractivity contribution >= 4 is 5.69 Å². The minimum atomic E-state index is 0.245. The number of rotatable bonds is 3. The van der Waals surface area contributed by atoms with Gasteiger partial charge in [-0.2, -0.15) is 0 Å². The summed E-state index contributed by atoms with van der Waals surface area (Å²) in [5, 5.41) is 3.66. The van der Waals surface area contributed by atoms with Gasteiger partial charge in [-0.3, -0.25) is 0 Å². The van der Waals surface area contributed by atoms with Crippen LogP contribution in [0.4, 0.5) is 5.69 Å². The minimum absolute atomic E-state index is 0.245. The van der Waals surface area contributed by atoms with Gasteiger partial charge in [0, 0.05) is 36.9 Å². The Balaban J connectivity index is 2.26. The molecule has 1 aromatic rings. The summed E-state index contributed by atoms with van der Waals surface area (Å²) in [6, 6.07) is 7.10. The van der Waals surface area contributed by atoms with Crippen molar-refractivity contribution in [3.8, 4) is 11.5 Å². The lowest BCUT2D eigenvalue weighted by Gasteiger charge is -2.45.